The van der Waals surface area contributed by atoms with Crippen LogP contribution in [0.5, 0.6) is 5.75 Å². The summed E-state index contributed by atoms with van der Waals surface area (Å²) in [5.74, 6) is 0.256. The molecule has 1 aromatic heterocycles. The van der Waals surface area contributed by atoms with Crippen molar-refractivity contribution < 1.29 is 18.7 Å². The fourth-order valence-electron chi connectivity index (χ4n) is 4.43. The number of carbonyl (C=O) groups excluding carboxylic acids is 2. The first-order valence-corrected chi connectivity index (χ1v) is 11.8. The second kappa shape index (κ2) is 11.1. The molecule has 3 aromatic rings. The zero-order chi connectivity index (χ0) is 24.8. The molecule has 2 N–H and O–H groups in total. The van der Waals surface area contributed by atoms with Crippen LogP contribution in [0.1, 0.15) is 22.9 Å². The van der Waals surface area contributed by atoms with Gasteiger partial charge in [-0.2, -0.15) is 0 Å². The monoisotopic (exact) mass is 476 g/mol. The van der Waals surface area contributed by atoms with Crippen LogP contribution in [0.4, 0.5) is 11.4 Å². The van der Waals surface area contributed by atoms with Crippen molar-refractivity contribution in [2.45, 2.75) is 19.9 Å². The van der Waals surface area contributed by atoms with E-state index in [1.165, 1.54) is 0 Å². The lowest BCUT2D eigenvalue weighted by atomic mass is 10.1. The van der Waals surface area contributed by atoms with Crippen LogP contribution in [-0.4, -0.2) is 56.5 Å². The lowest BCUT2D eigenvalue weighted by molar-refractivity contribution is -0.136. The highest BCUT2D eigenvalue weighted by atomic mass is 16.5. The summed E-state index contributed by atoms with van der Waals surface area (Å²) in [6.07, 6.45) is 1.63. The molecule has 0 spiro atoms. The number of aryl methyl sites for hydroxylation is 2. The third-order valence-corrected chi connectivity index (χ3v) is 6.45. The Morgan fingerprint density at radius 2 is 1.63 bits per heavy atom. The van der Waals surface area contributed by atoms with Gasteiger partial charge in [-0.05, 0) is 61.4 Å². The summed E-state index contributed by atoms with van der Waals surface area (Å²) in [5.41, 5.74) is 3.64. The molecule has 8 heteroatoms. The van der Waals surface area contributed by atoms with Gasteiger partial charge in [-0.1, -0.05) is 18.2 Å². The predicted molar refractivity (Wildman–Crippen MR) is 136 cm³/mol. The molecule has 0 saturated carbocycles. The van der Waals surface area contributed by atoms with Crippen LogP contribution in [0.25, 0.3) is 0 Å². The van der Waals surface area contributed by atoms with Crippen molar-refractivity contribution >= 4 is 23.2 Å². The molecule has 0 radical (unpaired) electrons. The van der Waals surface area contributed by atoms with Crippen molar-refractivity contribution in [1.82, 2.24) is 10.2 Å². The number of methoxy groups -OCH3 is 1. The molecule has 2 amide bonds. The highest BCUT2D eigenvalue weighted by Gasteiger charge is 2.28. The predicted octanol–water partition coefficient (Wildman–Crippen LogP) is 3.52. The van der Waals surface area contributed by atoms with E-state index in [1.807, 2.05) is 56.3 Å². The molecule has 2 aromatic carbocycles. The highest BCUT2D eigenvalue weighted by Crippen LogP contribution is 2.26. The van der Waals surface area contributed by atoms with E-state index in [9.17, 15) is 9.59 Å². The van der Waals surface area contributed by atoms with Crippen molar-refractivity contribution in [3.8, 4) is 5.75 Å². The summed E-state index contributed by atoms with van der Waals surface area (Å²) in [6.45, 7) is 7.34. The summed E-state index contributed by atoms with van der Waals surface area (Å²) in [6, 6.07) is 17.4. The van der Waals surface area contributed by atoms with Gasteiger partial charge >= 0.3 is 11.8 Å². The molecule has 1 saturated heterocycles. The number of ether oxygens (including phenoxy) is 1. The Morgan fingerprint density at radius 3 is 2.23 bits per heavy atom. The number of piperazine rings is 1. The minimum atomic E-state index is -0.676. The molecule has 35 heavy (non-hydrogen) atoms. The Kier molecular flexibility index (Phi) is 7.72. The Labute approximate surface area is 205 Å². The lowest BCUT2D eigenvalue weighted by Gasteiger charge is -2.39. The first kappa shape index (κ1) is 24.3. The molecule has 1 aliphatic heterocycles. The van der Waals surface area contributed by atoms with Crippen molar-refractivity contribution in [2.75, 3.05) is 50.1 Å². The second-order valence-corrected chi connectivity index (χ2v) is 8.68. The number of furan rings is 1. The fourth-order valence-corrected chi connectivity index (χ4v) is 4.43. The zero-order valence-corrected chi connectivity index (χ0v) is 20.4. The highest BCUT2D eigenvalue weighted by molar-refractivity contribution is 6.39. The Hall–Kier alpha value is -3.78. The number of nitrogens with one attached hydrogen (secondary N) is 2. The van der Waals surface area contributed by atoms with Gasteiger partial charge in [0.2, 0.25) is 0 Å². The first-order valence-electron chi connectivity index (χ1n) is 11.8. The van der Waals surface area contributed by atoms with Crippen LogP contribution in [0.2, 0.25) is 0 Å². The van der Waals surface area contributed by atoms with Gasteiger partial charge in [0.1, 0.15) is 11.5 Å². The second-order valence-electron chi connectivity index (χ2n) is 8.68. The quantitative estimate of drug-likeness (QED) is 0.508. The Morgan fingerprint density at radius 1 is 0.943 bits per heavy atom. The number of para-hydroxylation sites is 1. The van der Waals surface area contributed by atoms with Crippen molar-refractivity contribution in [1.29, 1.82) is 0 Å². The van der Waals surface area contributed by atoms with Gasteiger partial charge < -0.3 is 24.7 Å². The number of amides is 2. The molecular formula is C27H32N4O4. The number of nitrogens with zero attached hydrogens (tertiary/aromatic N) is 2. The van der Waals surface area contributed by atoms with Gasteiger partial charge in [0, 0.05) is 44.1 Å². The molecule has 0 aliphatic carbocycles. The van der Waals surface area contributed by atoms with E-state index in [2.05, 4.69) is 32.6 Å². The van der Waals surface area contributed by atoms with Crippen molar-refractivity contribution in [3.63, 3.8) is 0 Å². The summed E-state index contributed by atoms with van der Waals surface area (Å²) < 4.78 is 10.9. The number of anilines is 2. The number of carbonyl (C=O) groups is 2. The largest absolute Gasteiger partial charge is 0.497 e. The Bertz CT molecular complexity index is 1120. The summed E-state index contributed by atoms with van der Waals surface area (Å²) in [7, 11) is 1.66. The minimum absolute atomic E-state index is 0.167. The van der Waals surface area contributed by atoms with Gasteiger partial charge in [-0.3, -0.25) is 14.5 Å². The SMILES string of the molecule is COc1ccc(N2CCN(C(CNC(=O)C(=O)Nc3c(C)cccc3C)c3ccco3)CC2)cc1. The Balaban J connectivity index is 1.37. The van der Waals surface area contributed by atoms with E-state index >= 15 is 0 Å². The maximum Gasteiger partial charge on any atom is 0.313 e. The van der Waals surface area contributed by atoms with Crippen LogP contribution in [0, 0.1) is 13.8 Å². The molecule has 4 rings (SSSR count). The van der Waals surface area contributed by atoms with Gasteiger partial charge in [0.25, 0.3) is 0 Å². The van der Waals surface area contributed by atoms with Crippen LogP contribution in [0.15, 0.2) is 65.3 Å². The third-order valence-electron chi connectivity index (χ3n) is 6.45. The normalized spacial score (nSPS) is 14.9. The van der Waals surface area contributed by atoms with Crippen LogP contribution in [0.3, 0.4) is 0 Å². The standard InChI is InChI=1S/C27H32N4O4/c1-19-6-4-7-20(2)25(19)29-27(33)26(32)28-18-23(24-8-5-17-35-24)31-15-13-30(14-16-31)21-9-11-22(34-3)12-10-21/h4-12,17,23H,13-16,18H2,1-3H3,(H,28,32)(H,29,33). The summed E-state index contributed by atoms with van der Waals surface area (Å²) >= 11 is 0. The fraction of sp³-hybridized carbons (Fsp3) is 0.333. The van der Waals surface area contributed by atoms with E-state index in [1.54, 1.807) is 13.4 Å². The molecule has 184 valence electrons. The number of benzene rings is 2. The maximum atomic E-state index is 12.6. The molecule has 8 nitrogen and oxygen atoms in total. The zero-order valence-electron chi connectivity index (χ0n) is 20.4. The van der Waals surface area contributed by atoms with Gasteiger partial charge in [0.05, 0.1) is 19.4 Å². The first-order chi connectivity index (χ1) is 17.0. The molecular weight excluding hydrogens is 444 g/mol. The molecule has 1 fully saturated rings. The van der Waals surface area contributed by atoms with Gasteiger partial charge in [0.15, 0.2) is 0 Å². The molecule has 0 bridgehead atoms. The lowest BCUT2D eigenvalue weighted by Crippen LogP contribution is -2.50. The van der Waals surface area contributed by atoms with Crippen LogP contribution in [-0.2, 0) is 9.59 Å². The number of hydrogen-bond donors (Lipinski definition) is 2. The van der Waals surface area contributed by atoms with Crippen molar-refractivity contribution in [2.24, 2.45) is 0 Å². The van der Waals surface area contributed by atoms with Crippen LogP contribution >= 0.6 is 0 Å². The minimum Gasteiger partial charge on any atom is -0.497 e. The third kappa shape index (κ3) is 5.84. The smallest absolute Gasteiger partial charge is 0.313 e. The van der Waals surface area contributed by atoms with Crippen LogP contribution < -0.4 is 20.3 Å². The topological polar surface area (TPSA) is 87.0 Å². The number of hydrogen-bond acceptors (Lipinski definition) is 6. The van der Waals surface area contributed by atoms with E-state index in [-0.39, 0.29) is 12.6 Å². The van der Waals surface area contributed by atoms with Gasteiger partial charge in [-0.25, -0.2) is 0 Å². The number of rotatable bonds is 7. The average molecular weight is 477 g/mol. The van der Waals surface area contributed by atoms with Gasteiger partial charge in [-0.15, -0.1) is 0 Å². The van der Waals surface area contributed by atoms with E-state index in [0.717, 1.165) is 54.5 Å². The van der Waals surface area contributed by atoms with E-state index in [4.69, 9.17) is 9.15 Å². The van der Waals surface area contributed by atoms with E-state index < -0.39 is 11.8 Å². The molecule has 2 heterocycles. The molecule has 1 aliphatic rings. The summed E-state index contributed by atoms with van der Waals surface area (Å²) in [5, 5.41) is 5.55. The molecule has 1 unspecified atom stereocenters. The average Bonchev–Trinajstić information content (AvgIpc) is 3.41. The maximum absolute atomic E-state index is 12.6. The summed E-state index contributed by atoms with van der Waals surface area (Å²) in [4.78, 5) is 29.8. The molecule has 1 atom stereocenters. The van der Waals surface area contributed by atoms with E-state index in [0.29, 0.717) is 5.69 Å². The van der Waals surface area contributed by atoms with Crippen molar-refractivity contribution in [3.05, 3.63) is 77.7 Å².